The Labute approximate surface area is 163 Å². The number of nitrogens with zero attached hydrogens (tertiary/aromatic N) is 1. The van der Waals surface area contributed by atoms with E-state index in [1.54, 1.807) is 60.5 Å². The zero-order chi connectivity index (χ0) is 20.4. The zero-order valence-corrected chi connectivity index (χ0v) is 15.9. The monoisotopic (exact) mass is 384 g/mol. The number of carbonyl (C=O) groups excluding carboxylic acids is 3. The molecule has 0 saturated carbocycles. The lowest BCUT2D eigenvalue weighted by molar-refractivity contribution is -0.122. The van der Waals surface area contributed by atoms with Gasteiger partial charge in [-0.15, -0.1) is 0 Å². The van der Waals surface area contributed by atoms with Crippen LogP contribution in [0.25, 0.3) is 0 Å². The number of rotatable bonds is 8. The maximum atomic E-state index is 12.2. The van der Waals surface area contributed by atoms with Crippen LogP contribution in [0.3, 0.4) is 0 Å². The van der Waals surface area contributed by atoms with Gasteiger partial charge in [0, 0.05) is 11.4 Å². The third-order valence-electron chi connectivity index (χ3n) is 3.84. The van der Waals surface area contributed by atoms with E-state index in [-0.39, 0.29) is 19.0 Å². The van der Waals surface area contributed by atoms with E-state index < -0.39 is 11.9 Å². The van der Waals surface area contributed by atoms with E-state index in [4.69, 9.17) is 4.74 Å². The minimum Gasteiger partial charge on any atom is -0.497 e. The Kier molecular flexibility index (Phi) is 7.98. The Balaban J connectivity index is 1.79. The first kappa shape index (κ1) is 20.9. The van der Waals surface area contributed by atoms with Crippen molar-refractivity contribution in [3.05, 3.63) is 54.6 Å². The second-order valence-electron chi connectivity index (χ2n) is 5.95. The Bertz CT molecular complexity index is 794. The summed E-state index contributed by atoms with van der Waals surface area (Å²) < 4.78 is 5.07. The van der Waals surface area contributed by atoms with Gasteiger partial charge in [0.05, 0.1) is 20.2 Å². The quantitative estimate of drug-likeness (QED) is 0.649. The van der Waals surface area contributed by atoms with Crippen LogP contribution in [0.4, 0.5) is 16.2 Å². The van der Waals surface area contributed by atoms with Crippen LogP contribution < -0.4 is 20.7 Å². The molecule has 3 N–H and O–H groups in total. The number of anilines is 2. The summed E-state index contributed by atoms with van der Waals surface area (Å²) in [4.78, 5) is 37.7. The van der Waals surface area contributed by atoms with Gasteiger partial charge in [-0.05, 0) is 42.9 Å². The number of ether oxygens (including phenoxy) is 1. The van der Waals surface area contributed by atoms with E-state index in [2.05, 4.69) is 16.0 Å². The molecule has 2 rings (SSSR count). The third kappa shape index (κ3) is 7.08. The second kappa shape index (κ2) is 10.7. The highest BCUT2D eigenvalue weighted by Gasteiger charge is 2.15. The molecule has 0 heterocycles. The number of imide groups is 1. The predicted molar refractivity (Wildman–Crippen MR) is 107 cm³/mol. The van der Waals surface area contributed by atoms with Crippen molar-refractivity contribution in [3.63, 3.8) is 0 Å². The van der Waals surface area contributed by atoms with E-state index in [0.29, 0.717) is 23.7 Å². The van der Waals surface area contributed by atoms with Gasteiger partial charge in [0.1, 0.15) is 5.75 Å². The molecule has 4 amide bonds. The molecule has 0 saturated heterocycles. The standard InChI is InChI=1S/C20H24N4O4/c1-3-24(13-18(25)21-16-9-11-17(28-2)12-10-16)14-19(26)23-20(27)22-15-7-5-4-6-8-15/h4-12H,3,13-14H2,1-2H3,(H,21,25)(H2,22,23,26,27). The molecule has 0 spiro atoms. The largest absolute Gasteiger partial charge is 0.497 e. The molecular formula is C20H24N4O4. The molecule has 0 radical (unpaired) electrons. The summed E-state index contributed by atoms with van der Waals surface area (Å²) in [6.07, 6.45) is 0. The van der Waals surface area contributed by atoms with Gasteiger partial charge in [-0.3, -0.25) is 19.8 Å². The van der Waals surface area contributed by atoms with Crippen molar-refractivity contribution >= 4 is 29.2 Å². The van der Waals surface area contributed by atoms with Crippen molar-refractivity contribution in [2.75, 3.05) is 37.4 Å². The molecule has 0 aromatic heterocycles. The molecule has 0 unspecified atom stereocenters. The summed E-state index contributed by atoms with van der Waals surface area (Å²) in [5, 5.41) is 7.58. The number of hydrogen-bond donors (Lipinski definition) is 3. The smallest absolute Gasteiger partial charge is 0.325 e. The van der Waals surface area contributed by atoms with Crippen LogP contribution in [0.1, 0.15) is 6.92 Å². The van der Waals surface area contributed by atoms with Crippen molar-refractivity contribution in [2.45, 2.75) is 6.92 Å². The summed E-state index contributed by atoms with van der Waals surface area (Å²) in [5.74, 6) is -0.0558. The van der Waals surface area contributed by atoms with E-state index in [1.807, 2.05) is 13.0 Å². The van der Waals surface area contributed by atoms with Crippen LogP contribution in [0.5, 0.6) is 5.75 Å². The fraction of sp³-hybridized carbons (Fsp3) is 0.250. The van der Waals surface area contributed by atoms with Gasteiger partial charge in [0.25, 0.3) is 0 Å². The number of hydrogen-bond acceptors (Lipinski definition) is 5. The van der Waals surface area contributed by atoms with E-state index in [0.717, 1.165) is 0 Å². The molecule has 0 aliphatic heterocycles. The summed E-state index contributed by atoms with van der Waals surface area (Å²) >= 11 is 0. The lowest BCUT2D eigenvalue weighted by atomic mass is 10.3. The number of carbonyl (C=O) groups is 3. The molecule has 0 atom stereocenters. The number of benzene rings is 2. The molecule has 8 nitrogen and oxygen atoms in total. The fourth-order valence-corrected chi connectivity index (χ4v) is 2.41. The maximum absolute atomic E-state index is 12.2. The van der Waals surface area contributed by atoms with Crippen molar-refractivity contribution in [2.24, 2.45) is 0 Å². The minimum atomic E-state index is -0.616. The molecule has 2 aromatic rings. The Hall–Kier alpha value is -3.39. The summed E-state index contributed by atoms with van der Waals surface area (Å²) in [6.45, 7) is 2.26. The fourth-order valence-electron chi connectivity index (χ4n) is 2.41. The van der Waals surface area contributed by atoms with Crippen LogP contribution in [-0.2, 0) is 9.59 Å². The summed E-state index contributed by atoms with van der Waals surface area (Å²) in [7, 11) is 1.57. The molecule has 2 aromatic carbocycles. The number of nitrogens with one attached hydrogen (secondary N) is 3. The number of methoxy groups -OCH3 is 1. The molecule has 148 valence electrons. The van der Waals surface area contributed by atoms with Gasteiger partial charge >= 0.3 is 6.03 Å². The van der Waals surface area contributed by atoms with Gasteiger partial charge in [-0.25, -0.2) is 4.79 Å². The molecule has 0 aliphatic carbocycles. The normalized spacial score (nSPS) is 10.2. The first-order valence-corrected chi connectivity index (χ1v) is 8.82. The van der Waals surface area contributed by atoms with Crippen molar-refractivity contribution in [1.29, 1.82) is 0 Å². The van der Waals surface area contributed by atoms with Gasteiger partial charge in [0.15, 0.2) is 0 Å². The van der Waals surface area contributed by atoms with Crippen molar-refractivity contribution in [1.82, 2.24) is 10.2 Å². The highest BCUT2D eigenvalue weighted by Crippen LogP contribution is 2.14. The first-order chi connectivity index (χ1) is 13.5. The minimum absolute atomic E-state index is 0.0241. The topological polar surface area (TPSA) is 99.8 Å². The van der Waals surface area contributed by atoms with E-state index in [9.17, 15) is 14.4 Å². The summed E-state index contributed by atoms with van der Waals surface area (Å²) in [6, 6.07) is 15.1. The average Bonchev–Trinajstić information content (AvgIpc) is 2.68. The molecule has 0 aliphatic rings. The van der Waals surface area contributed by atoms with Gasteiger partial charge < -0.3 is 15.4 Å². The van der Waals surface area contributed by atoms with Gasteiger partial charge in [-0.1, -0.05) is 25.1 Å². The van der Waals surface area contributed by atoms with E-state index >= 15 is 0 Å². The Morgan fingerprint density at radius 2 is 1.46 bits per heavy atom. The lowest BCUT2D eigenvalue weighted by Crippen LogP contribution is -2.44. The third-order valence-corrected chi connectivity index (χ3v) is 3.84. The SMILES string of the molecule is CCN(CC(=O)NC(=O)Nc1ccccc1)CC(=O)Nc1ccc(OC)cc1. The van der Waals surface area contributed by atoms with Crippen molar-refractivity contribution in [3.8, 4) is 5.75 Å². The molecule has 28 heavy (non-hydrogen) atoms. The van der Waals surface area contributed by atoms with Crippen LogP contribution in [-0.4, -0.2) is 49.5 Å². The predicted octanol–water partition coefficient (Wildman–Crippen LogP) is 2.30. The van der Waals surface area contributed by atoms with Crippen molar-refractivity contribution < 1.29 is 19.1 Å². The van der Waals surface area contributed by atoms with Crippen LogP contribution in [0.15, 0.2) is 54.6 Å². The average molecular weight is 384 g/mol. The zero-order valence-electron chi connectivity index (χ0n) is 15.9. The number of urea groups is 1. The van der Waals surface area contributed by atoms with Crippen LogP contribution in [0, 0.1) is 0 Å². The first-order valence-electron chi connectivity index (χ1n) is 8.82. The lowest BCUT2D eigenvalue weighted by Gasteiger charge is -2.19. The maximum Gasteiger partial charge on any atom is 0.325 e. The van der Waals surface area contributed by atoms with Crippen LogP contribution >= 0.6 is 0 Å². The Morgan fingerprint density at radius 1 is 0.857 bits per heavy atom. The van der Waals surface area contributed by atoms with E-state index in [1.165, 1.54) is 0 Å². The van der Waals surface area contributed by atoms with Crippen LogP contribution in [0.2, 0.25) is 0 Å². The number of likely N-dealkylation sites (N-methyl/N-ethyl adjacent to an activating group) is 1. The molecule has 8 heteroatoms. The van der Waals surface area contributed by atoms with Gasteiger partial charge in [-0.2, -0.15) is 0 Å². The Morgan fingerprint density at radius 3 is 2.07 bits per heavy atom. The van der Waals surface area contributed by atoms with Gasteiger partial charge in [0.2, 0.25) is 11.8 Å². The highest BCUT2D eigenvalue weighted by molar-refractivity contribution is 6.02. The summed E-state index contributed by atoms with van der Waals surface area (Å²) in [5.41, 5.74) is 1.22. The second-order valence-corrected chi connectivity index (χ2v) is 5.95. The number of amides is 4. The molecule has 0 bridgehead atoms. The number of para-hydroxylation sites is 1. The highest BCUT2D eigenvalue weighted by atomic mass is 16.5. The molecule has 0 fully saturated rings. The molecular weight excluding hydrogens is 360 g/mol.